The summed E-state index contributed by atoms with van der Waals surface area (Å²) in [5, 5.41) is 3.51. The summed E-state index contributed by atoms with van der Waals surface area (Å²) in [7, 11) is 2.62. The summed E-state index contributed by atoms with van der Waals surface area (Å²) in [5.41, 5.74) is 5.57. The quantitative estimate of drug-likeness (QED) is 0.338. The van der Waals surface area contributed by atoms with Crippen molar-refractivity contribution in [1.82, 2.24) is 15.1 Å². The molecule has 0 saturated carbocycles. The number of hydrogen-bond donors (Lipinski definition) is 2. The SMILES string of the molecule is CO[Si](CCCNCCCN1CCN(CCCN)CC1)(OC)OC. The predicted molar refractivity (Wildman–Crippen MR) is 100 cm³/mol. The molecule has 144 valence electrons. The van der Waals surface area contributed by atoms with E-state index in [1.165, 1.54) is 39.1 Å². The van der Waals surface area contributed by atoms with Crippen molar-refractivity contribution in [3.63, 3.8) is 0 Å². The first kappa shape index (κ1) is 22.0. The van der Waals surface area contributed by atoms with Gasteiger partial charge in [-0.05, 0) is 52.0 Å². The molecule has 0 bridgehead atoms. The number of nitrogens with zero attached hydrogens (tertiary/aromatic N) is 2. The molecule has 0 spiro atoms. The van der Waals surface area contributed by atoms with Gasteiger partial charge in [-0.2, -0.15) is 0 Å². The van der Waals surface area contributed by atoms with E-state index in [9.17, 15) is 0 Å². The van der Waals surface area contributed by atoms with Crippen LogP contribution in [0.1, 0.15) is 19.3 Å². The van der Waals surface area contributed by atoms with E-state index in [4.69, 9.17) is 19.0 Å². The number of hydrogen-bond acceptors (Lipinski definition) is 7. The van der Waals surface area contributed by atoms with E-state index in [1.807, 2.05) is 0 Å². The smallest absolute Gasteiger partial charge is 0.377 e. The molecule has 1 rings (SSSR count). The fourth-order valence-corrected chi connectivity index (χ4v) is 4.81. The normalized spacial score (nSPS) is 17.5. The largest absolute Gasteiger partial charge is 0.500 e. The van der Waals surface area contributed by atoms with Gasteiger partial charge in [0.1, 0.15) is 0 Å². The van der Waals surface area contributed by atoms with Gasteiger partial charge >= 0.3 is 8.80 Å². The van der Waals surface area contributed by atoms with Crippen LogP contribution in [0.3, 0.4) is 0 Å². The molecule has 1 aliphatic rings. The summed E-state index contributed by atoms with van der Waals surface area (Å²) in [6, 6.07) is 0.855. The zero-order valence-corrected chi connectivity index (χ0v) is 16.9. The topological polar surface area (TPSA) is 72.2 Å². The molecule has 3 N–H and O–H groups in total. The summed E-state index contributed by atoms with van der Waals surface area (Å²) < 4.78 is 16.3. The Morgan fingerprint density at radius 2 is 1.33 bits per heavy atom. The lowest BCUT2D eigenvalue weighted by Gasteiger charge is -2.34. The molecular weight excluding hydrogens is 324 g/mol. The van der Waals surface area contributed by atoms with Gasteiger partial charge in [0.15, 0.2) is 0 Å². The first-order valence-corrected chi connectivity index (χ1v) is 11.1. The molecule has 1 fully saturated rings. The van der Waals surface area contributed by atoms with E-state index in [2.05, 4.69) is 15.1 Å². The summed E-state index contributed by atoms with van der Waals surface area (Å²) in [4.78, 5) is 5.10. The first-order chi connectivity index (χ1) is 11.7. The third kappa shape index (κ3) is 8.35. The number of nitrogens with two attached hydrogens (primary N) is 1. The molecule has 0 radical (unpaired) electrons. The van der Waals surface area contributed by atoms with Crippen LogP contribution < -0.4 is 11.1 Å². The van der Waals surface area contributed by atoms with Gasteiger partial charge in [0.25, 0.3) is 0 Å². The molecule has 7 nitrogen and oxygen atoms in total. The van der Waals surface area contributed by atoms with Gasteiger partial charge in [0.2, 0.25) is 0 Å². The first-order valence-electron chi connectivity index (χ1n) is 9.20. The average molecular weight is 363 g/mol. The van der Waals surface area contributed by atoms with Crippen LogP contribution in [0, 0.1) is 0 Å². The Morgan fingerprint density at radius 1 is 0.833 bits per heavy atom. The van der Waals surface area contributed by atoms with Gasteiger partial charge in [0, 0.05) is 53.6 Å². The van der Waals surface area contributed by atoms with E-state index in [-0.39, 0.29) is 0 Å². The Morgan fingerprint density at radius 3 is 1.83 bits per heavy atom. The van der Waals surface area contributed by atoms with Gasteiger partial charge in [-0.15, -0.1) is 0 Å². The van der Waals surface area contributed by atoms with Crippen LogP contribution >= 0.6 is 0 Å². The standard InChI is InChI=1S/C16H38N4O3Si/c1-21-24(22-2,23-3)16-6-9-18-8-5-11-20-14-12-19(13-15-20)10-4-7-17/h18H,4-17H2,1-3H3. The lowest BCUT2D eigenvalue weighted by molar-refractivity contribution is 0.123. The van der Waals surface area contributed by atoms with Crippen molar-refractivity contribution < 1.29 is 13.3 Å². The van der Waals surface area contributed by atoms with Crippen LogP contribution in [0.2, 0.25) is 6.04 Å². The number of nitrogens with one attached hydrogen (secondary N) is 1. The van der Waals surface area contributed by atoms with Crippen molar-refractivity contribution in [2.75, 3.05) is 80.2 Å². The zero-order chi connectivity index (χ0) is 17.7. The molecule has 8 heteroatoms. The molecule has 1 heterocycles. The van der Waals surface area contributed by atoms with Crippen molar-refractivity contribution in [1.29, 1.82) is 0 Å². The molecule has 0 aromatic rings. The van der Waals surface area contributed by atoms with Crippen molar-refractivity contribution in [3.05, 3.63) is 0 Å². The molecule has 0 unspecified atom stereocenters. The molecule has 0 amide bonds. The van der Waals surface area contributed by atoms with Gasteiger partial charge in [0.05, 0.1) is 0 Å². The number of rotatable bonds is 14. The molecule has 0 aromatic carbocycles. The fourth-order valence-electron chi connectivity index (χ4n) is 3.09. The van der Waals surface area contributed by atoms with E-state index >= 15 is 0 Å². The van der Waals surface area contributed by atoms with Crippen LogP contribution in [0.4, 0.5) is 0 Å². The highest BCUT2D eigenvalue weighted by atomic mass is 28.4. The molecule has 0 aromatic heterocycles. The molecule has 1 saturated heterocycles. The van der Waals surface area contributed by atoms with Crippen LogP contribution in [-0.2, 0) is 13.3 Å². The number of piperazine rings is 1. The summed E-state index contributed by atoms with van der Waals surface area (Å²) >= 11 is 0. The lowest BCUT2D eigenvalue weighted by atomic mass is 10.2. The van der Waals surface area contributed by atoms with Gasteiger partial charge in [-0.3, -0.25) is 0 Å². The van der Waals surface area contributed by atoms with E-state index in [0.29, 0.717) is 0 Å². The molecule has 0 atom stereocenters. The second-order valence-electron chi connectivity index (χ2n) is 6.33. The van der Waals surface area contributed by atoms with Gasteiger partial charge in [-0.25, -0.2) is 0 Å². The Hall–Kier alpha value is -0.0631. The molecule has 24 heavy (non-hydrogen) atoms. The highest BCUT2D eigenvalue weighted by Crippen LogP contribution is 2.14. The highest BCUT2D eigenvalue weighted by molar-refractivity contribution is 6.60. The summed E-state index contributed by atoms with van der Waals surface area (Å²) in [6.45, 7) is 9.94. The Labute approximate surface area is 149 Å². The monoisotopic (exact) mass is 362 g/mol. The molecular formula is C16H38N4O3Si. The second-order valence-corrected chi connectivity index (χ2v) is 9.42. The minimum Gasteiger partial charge on any atom is -0.377 e. The van der Waals surface area contributed by atoms with Crippen LogP contribution in [0.5, 0.6) is 0 Å². The second kappa shape index (κ2) is 13.2. The van der Waals surface area contributed by atoms with Gasteiger partial charge < -0.3 is 34.1 Å². The van der Waals surface area contributed by atoms with Crippen molar-refractivity contribution in [2.24, 2.45) is 5.73 Å². The molecule has 0 aliphatic carbocycles. The van der Waals surface area contributed by atoms with Crippen LogP contribution in [0.25, 0.3) is 0 Å². The molecule has 1 aliphatic heterocycles. The highest BCUT2D eigenvalue weighted by Gasteiger charge is 2.36. The fraction of sp³-hybridized carbons (Fsp3) is 1.00. The zero-order valence-electron chi connectivity index (χ0n) is 15.9. The van der Waals surface area contributed by atoms with Crippen LogP contribution in [-0.4, -0.2) is 98.8 Å². The van der Waals surface area contributed by atoms with E-state index < -0.39 is 8.80 Å². The maximum Gasteiger partial charge on any atom is 0.500 e. The maximum absolute atomic E-state index is 5.57. The minimum atomic E-state index is -2.39. The average Bonchev–Trinajstić information content (AvgIpc) is 2.64. The summed E-state index contributed by atoms with van der Waals surface area (Å²) in [6.07, 6.45) is 3.33. The van der Waals surface area contributed by atoms with Gasteiger partial charge in [-0.1, -0.05) is 0 Å². The lowest BCUT2D eigenvalue weighted by Crippen LogP contribution is -2.47. The van der Waals surface area contributed by atoms with Crippen molar-refractivity contribution in [3.8, 4) is 0 Å². The summed E-state index contributed by atoms with van der Waals surface area (Å²) in [5.74, 6) is 0. The third-order valence-corrected chi connectivity index (χ3v) is 7.57. The van der Waals surface area contributed by atoms with E-state index in [0.717, 1.165) is 45.1 Å². The Balaban J connectivity index is 1.97. The van der Waals surface area contributed by atoms with Crippen LogP contribution in [0.15, 0.2) is 0 Å². The van der Waals surface area contributed by atoms with E-state index in [1.54, 1.807) is 21.3 Å². The van der Waals surface area contributed by atoms with Crippen molar-refractivity contribution in [2.45, 2.75) is 25.3 Å². The Kier molecular flexibility index (Phi) is 12.1. The minimum absolute atomic E-state index is 0.800. The maximum atomic E-state index is 5.57. The Bertz CT molecular complexity index is 293. The predicted octanol–water partition coefficient (Wildman–Crippen LogP) is 0.201. The van der Waals surface area contributed by atoms with Crippen molar-refractivity contribution >= 4 is 8.80 Å². The third-order valence-electron chi connectivity index (χ3n) is 4.74.